The van der Waals surface area contributed by atoms with Gasteiger partial charge in [-0.1, -0.05) is 57.5 Å². The fourth-order valence-electron chi connectivity index (χ4n) is 5.69. The molecule has 1 fully saturated rings. The number of alkyl carbamates (subject to hydrolysis) is 1. The number of nitrogens with zero attached hydrogens (tertiary/aromatic N) is 2. The molecular weight excluding hydrogens is 614 g/mol. The smallest absolute Gasteiger partial charge is 0.408 e. The zero-order valence-electron chi connectivity index (χ0n) is 28.7. The lowest BCUT2D eigenvalue weighted by Crippen LogP contribution is -2.56. The summed E-state index contributed by atoms with van der Waals surface area (Å²) in [6.07, 6.45) is -0.182. The molecule has 48 heavy (non-hydrogen) atoms. The molecule has 12 heteroatoms. The lowest BCUT2D eigenvalue weighted by molar-refractivity contribution is -0.139. The summed E-state index contributed by atoms with van der Waals surface area (Å²) in [5, 5.41) is 25.0. The third-order valence-electron chi connectivity index (χ3n) is 8.03. The lowest BCUT2D eigenvalue weighted by Gasteiger charge is -2.32. The molecule has 0 saturated carbocycles. The number of fused-ring (bicyclic) bond motifs is 1. The third-order valence-corrected chi connectivity index (χ3v) is 8.03. The zero-order chi connectivity index (χ0) is 35.2. The molecule has 0 spiro atoms. The molecule has 4 N–H and O–H groups in total. The number of carboxylic acids is 1. The highest BCUT2D eigenvalue weighted by molar-refractivity contribution is 5.95. The Morgan fingerprint density at radius 3 is 2.40 bits per heavy atom. The maximum absolute atomic E-state index is 14.2. The quantitative estimate of drug-likeness (QED) is 0.142. The van der Waals surface area contributed by atoms with E-state index in [0.29, 0.717) is 35.6 Å². The summed E-state index contributed by atoms with van der Waals surface area (Å²) >= 11 is 0. The number of carbonyl (C=O) groups is 3. The summed E-state index contributed by atoms with van der Waals surface area (Å²) in [4.78, 5) is 45.3. The topological polar surface area (TPSA) is 163 Å². The molecule has 2 aromatic carbocycles. The van der Waals surface area contributed by atoms with Crippen LogP contribution in [0.4, 0.5) is 4.79 Å². The summed E-state index contributed by atoms with van der Waals surface area (Å²) in [5.41, 5.74) is 1.47. The Hall–Kier alpha value is -4.87. The maximum atomic E-state index is 14.2. The first-order valence-corrected chi connectivity index (χ1v) is 16.3. The third kappa shape index (κ3) is 8.93. The summed E-state index contributed by atoms with van der Waals surface area (Å²) in [6.45, 7) is 10.8. The molecule has 1 aliphatic heterocycles. The number of amides is 2. The molecule has 4 atom stereocenters. The Morgan fingerprint density at radius 1 is 1.08 bits per heavy atom. The van der Waals surface area contributed by atoms with Crippen molar-refractivity contribution < 1.29 is 33.7 Å². The molecule has 1 aromatic heterocycles. The number of hydrogen-bond acceptors (Lipinski definition) is 8. The van der Waals surface area contributed by atoms with Crippen molar-refractivity contribution in [3.63, 3.8) is 0 Å². The van der Waals surface area contributed by atoms with Crippen LogP contribution in [0.15, 0.2) is 54.6 Å². The second-order valence-electron chi connectivity index (χ2n) is 13.3. The van der Waals surface area contributed by atoms with E-state index in [0.717, 1.165) is 10.9 Å². The minimum atomic E-state index is -1.08. The predicted molar refractivity (Wildman–Crippen MR) is 183 cm³/mol. The van der Waals surface area contributed by atoms with Crippen LogP contribution in [0.3, 0.4) is 0 Å². The van der Waals surface area contributed by atoms with Crippen molar-refractivity contribution in [2.75, 3.05) is 13.7 Å². The van der Waals surface area contributed by atoms with Crippen LogP contribution in [-0.2, 0) is 14.3 Å². The number of carbonyl (C=O) groups excluding carboxylic acids is 2. The molecule has 2 amide bonds. The Bertz CT molecular complexity index is 1620. The van der Waals surface area contributed by atoms with E-state index in [1.54, 1.807) is 27.9 Å². The van der Waals surface area contributed by atoms with E-state index in [4.69, 9.17) is 24.6 Å². The normalized spacial score (nSPS) is 17.5. The van der Waals surface area contributed by atoms with Crippen LogP contribution in [0.2, 0.25) is 0 Å². The standard InChI is InChI=1S/C36H47N5O7/c1-8-12-26(34(43)44)39-32(37)29-18-24(20-41(29)33(42)31(21(2)3)40-35(45)48-36(4,5)6)47-30-19-27(22-13-10-9-11-14-22)38-28-17-23(46-7)15-16-25(28)30/h9-11,13-17,19,21,24,26,29,31H,8,12,18,20H2,1-7H3,(H2,37,39)(H,40,45)(H,43,44)/t24?,26-,29-,31-/m0/s1. The van der Waals surface area contributed by atoms with Crippen LogP contribution >= 0.6 is 0 Å². The van der Waals surface area contributed by atoms with E-state index in [2.05, 4.69) is 10.6 Å². The van der Waals surface area contributed by atoms with Crippen molar-refractivity contribution in [3.05, 3.63) is 54.6 Å². The first-order valence-electron chi connectivity index (χ1n) is 16.3. The first kappa shape index (κ1) is 36.0. The lowest BCUT2D eigenvalue weighted by atomic mass is 10.0. The van der Waals surface area contributed by atoms with Crippen LogP contribution in [0.1, 0.15) is 60.8 Å². The molecule has 1 saturated heterocycles. The number of amidine groups is 1. The number of benzene rings is 2. The Kier molecular flexibility index (Phi) is 11.5. The van der Waals surface area contributed by atoms with Gasteiger partial charge in [0.25, 0.3) is 0 Å². The Balaban J connectivity index is 1.70. The molecule has 0 aliphatic carbocycles. The van der Waals surface area contributed by atoms with Crippen molar-refractivity contribution in [2.24, 2.45) is 5.92 Å². The molecule has 4 rings (SSSR count). The molecule has 3 aromatic rings. The van der Waals surface area contributed by atoms with Crippen LogP contribution in [0, 0.1) is 11.3 Å². The predicted octanol–water partition coefficient (Wildman–Crippen LogP) is 5.63. The number of methoxy groups -OCH3 is 1. The van der Waals surface area contributed by atoms with E-state index in [9.17, 15) is 19.5 Å². The monoisotopic (exact) mass is 661 g/mol. The van der Waals surface area contributed by atoms with Gasteiger partial charge in [-0.05, 0) is 45.2 Å². The van der Waals surface area contributed by atoms with Gasteiger partial charge in [-0.2, -0.15) is 0 Å². The second-order valence-corrected chi connectivity index (χ2v) is 13.3. The summed E-state index contributed by atoms with van der Waals surface area (Å²) in [6, 6.07) is 14.3. The number of ether oxygens (including phenoxy) is 3. The Labute approximate surface area is 281 Å². The molecule has 258 valence electrons. The largest absolute Gasteiger partial charge is 0.497 e. The number of nitrogens with one attached hydrogen (secondary N) is 3. The van der Waals surface area contributed by atoms with Gasteiger partial charge in [0, 0.05) is 29.5 Å². The highest BCUT2D eigenvalue weighted by atomic mass is 16.6. The van der Waals surface area contributed by atoms with Crippen molar-refractivity contribution >= 4 is 34.7 Å². The number of aromatic nitrogens is 1. The van der Waals surface area contributed by atoms with Gasteiger partial charge >= 0.3 is 12.1 Å². The van der Waals surface area contributed by atoms with Gasteiger partial charge in [0.15, 0.2) is 0 Å². The highest BCUT2D eigenvalue weighted by Gasteiger charge is 2.43. The van der Waals surface area contributed by atoms with E-state index >= 15 is 0 Å². The van der Waals surface area contributed by atoms with Crippen LogP contribution in [-0.4, -0.2) is 82.3 Å². The van der Waals surface area contributed by atoms with Gasteiger partial charge in [0.2, 0.25) is 5.91 Å². The van der Waals surface area contributed by atoms with Gasteiger partial charge in [-0.25, -0.2) is 14.6 Å². The summed E-state index contributed by atoms with van der Waals surface area (Å²) < 4.78 is 17.5. The average molecular weight is 662 g/mol. The van der Waals surface area contributed by atoms with E-state index in [1.165, 1.54) is 4.90 Å². The van der Waals surface area contributed by atoms with Crippen molar-refractivity contribution in [1.82, 2.24) is 20.5 Å². The van der Waals surface area contributed by atoms with Crippen molar-refractivity contribution in [2.45, 2.75) is 90.6 Å². The number of hydrogen-bond donors (Lipinski definition) is 4. The average Bonchev–Trinajstić information content (AvgIpc) is 3.46. The van der Waals surface area contributed by atoms with Gasteiger partial charge in [0.05, 0.1) is 30.9 Å². The minimum Gasteiger partial charge on any atom is -0.497 e. The van der Waals surface area contributed by atoms with E-state index in [1.807, 2.05) is 75.4 Å². The van der Waals surface area contributed by atoms with Gasteiger partial charge < -0.3 is 34.9 Å². The fourth-order valence-corrected chi connectivity index (χ4v) is 5.69. The molecule has 1 unspecified atom stereocenters. The van der Waals surface area contributed by atoms with Crippen LogP contribution in [0.5, 0.6) is 11.5 Å². The summed E-state index contributed by atoms with van der Waals surface area (Å²) in [7, 11) is 1.59. The molecule has 0 radical (unpaired) electrons. The SMILES string of the molecule is CCC[C@H](NC(=N)[C@@H]1CC(Oc2cc(-c3ccccc3)nc3cc(OC)ccc23)CN1C(=O)[C@@H](NC(=O)OC(C)(C)C)C(C)C)C(=O)O. The van der Waals surface area contributed by atoms with Gasteiger partial charge in [-0.3, -0.25) is 10.2 Å². The molecule has 0 bridgehead atoms. The molecule has 2 heterocycles. The van der Waals surface area contributed by atoms with Gasteiger partial charge in [-0.15, -0.1) is 0 Å². The molecular formula is C36H47N5O7. The van der Waals surface area contributed by atoms with Crippen LogP contribution < -0.4 is 20.1 Å². The fraction of sp³-hybridized carbons (Fsp3) is 0.472. The molecule has 1 aliphatic rings. The van der Waals surface area contributed by atoms with Crippen molar-refractivity contribution in [1.29, 1.82) is 5.41 Å². The summed E-state index contributed by atoms with van der Waals surface area (Å²) in [5.74, 6) is -0.739. The maximum Gasteiger partial charge on any atom is 0.408 e. The number of pyridine rings is 1. The Morgan fingerprint density at radius 2 is 1.79 bits per heavy atom. The molecule has 12 nitrogen and oxygen atoms in total. The van der Waals surface area contributed by atoms with E-state index < -0.39 is 47.8 Å². The second kappa shape index (κ2) is 15.4. The van der Waals surface area contributed by atoms with Crippen molar-refractivity contribution in [3.8, 4) is 22.8 Å². The van der Waals surface area contributed by atoms with Gasteiger partial charge in [0.1, 0.15) is 41.1 Å². The zero-order valence-corrected chi connectivity index (χ0v) is 28.7. The van der Waals surface area contributed by atoms with Crippen LogP contribution in [0.25, 0.3) is 22.2 Å². The number of rotatable bonds is 12. The number of carboxylic acid groups (broad SMARTS) is 1. The minimum absolute atomic E-state index is 0.0962. The first-order chi connectivity index (χ1) is 22.7. The number of likely N-dealkylation sites (tertiary alicyclic amines) is 1. The number of aliphatic carboxylic acids is 1. The highest BCUT2D eigenvalue weighted by Crippen LogP contribution is 2.35. The van der Waals surface area contributed by atoms with E-state index in [-0.39, 0.29) is 24.7 Å².